The highest BCUT2D eigenvalue weighted by Crippen LogP contribution is 2.31. The first kappa shape index (κ1) is 12.8. The van der Waals surface area contributed by atoms with Gasteiger partial charge in [0.25, 0.3) is 0 Å². The highest BCUT2D eigenvalue weighted by molar-refractivity contribution is 6.31. The van der Waals surface area contributed by atoms with E-state index in [0.29, 0.717) is 16.5 Å². The average Bonchev–Trinajstić information content (AvgIpc) is 2.42. The van der Waals surface area contributed by atoms with Gasteiger partial charge >= 0.3 is 0 Å². The normalized spacial score (nSPS) is 12.2. The highest BCUT2D eigenvalue weighted by atomic mass is 35.5. The van der Waals surface area contributed by atoms with Crippen LogP contribution in [0.25, 0.3) is 0 Å². The van der Waals surface area contributed by atoms with Gasteiger partial charge in [0.2, 0.25) is 0 Å². The molecule has 1 aromatic carbocycles. The molecule has 0 saturated carbocycles. The summed E-state index contributed by atoms with van der Waals surface area (Å²) >= 11 is 6.18. The molecule has 5 heteroatoms. The smallest absolute Gasteiger partial charge is 0.142 e. The molecular formula is C13H14ClN3O. The number of nitrogens with zero attached hydrogens (tertiary/aromatic N) is 1. The summed E-state index contributed by atoms with van der Waals surface area (Å²) in [6.45, 7) is 0. The zero-order chi connectivity index (χ0) is 13.0. The van der Waals surface area contributed by atoms with Crippen molar-refractivity contribution in [3.63, 3.8) is 0 Å². The summed E-state index contributed by atoms with van der Waals surface area (Å²) < 4.78 is 5.29. The van der Waals surface area contributed by atoms with Gasteiger partial charge in [-0.2, -0.15) is 0 Å². The molecule has 18 heavy (non-hydrogen) atoms. The van der Waals surface area contributed by atoms with Gasteiger partial charge in [-0.25, -0.2) is 5.43 Å². The average molecular weight is 264 g/mol. The Labute approximate surface area is 111 Å². The second-order valence-corrected chi connectivity index (χ2v) is 4.12. The number of ether oxygens (including phenoxy) is 1. The Morgan fingerprint density at radius 3 is 2.72 bits per heavy atom. The Morgan fingerprint density at radius 2 is 2.06 bits per heavy atom. The van der Waals surface area contributed by atoms with Crippen molar-refractivity contribution in [3.05, 3.63) is 58.9 Å². The van der Waals surface area contributed by atoms with E-state index in [2.05, 4.69) is 10.4 Å². The lowest BCUT2D eigenvalue weighted by Gasteiger charge is -2.19. The molecule has 4 nitrogen and oxygen atoms in total. The number of hydrazine groups is 1. The molecule has 1 aromatic heterocycles. The van der Waals surface area contributed by atoms with E-state index < -0.39 is 0 Å². The SMILES string of the molecule is COc1cccnc1C(NN)c1ccccc1Cl. The van der Waals surface area contributed by atoms with Gasteiger partial charge in [-0.15, -0.1) is 0 Å². The predicted molar refractivity (Wildman–Crippen MR) is 71.4 cm³/mol. The number of aromatic nitrogens is 1. The third-order valence-corrected chi connectivity index (χ3v) is 3.02. The summed E-state index contributed by atoms with van der Waals surface area (Å²) in [5, 5.41) is 0.633. The monoisotopic (exact) mass is 263 g/mol. The van der Waals surface area contributed by atoms with Gasteiger partial charge in [-0.3, -0.25) is 10.8 Å². The number of benzene rings is 1. The molecule has 0 radical (unpaired) electrons. The predicted octanol–water partition coefficient (Wildman–Crippen LogP) is 2.30. The van der Waals surface area contributed by atoms with E-state index >= 15 is 0 Å². The van der Waals surface area contributed by atoms with Crippen LogP contribution in [0.15, 0.2) is 42.6 Å². The fourth-order valence-corrected chi connectivity index (χ4v) is 2.06. The van der Waals surface area contributed by atoms with Gasteiger partial charge in [0, 0.05) is 11.2 Å². The Kier molecular flexibility index (Phi) is 4.15. The third kappa shape index (κ3) is 2.46. The van der Waals surface area contributed by atoms with Gasteiger partial charge in [0.1, 0.15) is 11.4 Å². The van der Waals surface area contributed by atoms with Crippen LogP contribution in [-0.4, -0.2) is 12.1 Å². The zero-order valence-corrected chi connectivity index (χ0v) is 10.7. The van der Waals surface area contributed by atoms with Crippen molar-refractivity contribution in [2.45, 2.75) is 6.04 Å². The second-order valence-electron chi connectivity index (χ2n) is 3.71. The molecule has 0 aliphatic carbocycles. The summed E-state index contributed by atoms with van der Waals surface area (Å²) in [4.78, 5) is 4.31. The molecule has 0 spiro atoms. The van der Waals surface area contributed by atoms with Crippen LogP contribution in [0, 0.1) is 0 Å². The van der Waals surface area contributed by atoms with Crippen LogP contribution in [0.5, 0.6) is 5.75 Å². The number of pyridine rings is 1. The first-order valence-corrected chi connectivity index (χ1v) is 5.85. The highest BCUT2D eigenvalue weighted by Gasteiger charge is 2.20. The lowest BCUT2D eigenvalue weighted by Crippen LogP contribution is -2.30. The van der Waals surface area contributed by atoms with Gasteiger partial charge in [0.05, 0.1) is 13.2 Å². The zero-order valence-electron chi connectivity index (χ0n) is 9.93. The number of hydrogen-bond acceptors (Lipinski definition) is 4. The van der Waals surface area contributed by atoms with Crippen LogP contribution >= 0.6 is 11.6 Å². The molecule has 0 amide bonds. The van der Waals surface area contributed by atoms with Crippen LogP contribution in [0.4, 0.5) is 0 Å². The molecule has 0 aliphatic rings. The number of nitrogens with two attached hydrogens (primary N) is 1. The van der Waals surface area contributed by atoms with E-state index in [9.17, 15) is 0 Å². The van der Waals surface area contributed by atoms with E-state index in [4.69, 9.17) is 22.2 Å². The van der Waals surface area contributed by atoms with Crippen molar-refractivity contribution < 1.29 is 4.74 Å². The molecule has 0 aliphatic heterocycles. The number of rotatable bonds is 4. The topological polar surface area (TPSA) is 60.2 Å². The Morgan fingerprint density at radius 1 is 1.28 bits per heavy atom. The van der Waals surface area contributed by atoms with Crippen molar-refractivity contribution in [3.8, 4) is 5.75 Å². The van der Waals surface area contributed by atoms with Crippen LogP contribution in [0.3, 0.4) is 0 Å². The Balaban J connectivity index is 2.49. The quantitative estimate of drug-likeness (QED) is 0.656. The van der Waals surface area contributed by atoms with Gasteiger partial charge in [0.15, 0.2) is 0 Å². The molecule has 0 saturated heterocycles. The fraction of sp³-hybridized carbons (Fsp3) is 0.154. The summed E-state index contributed by atoms with van der Waals surface area (Å²) in [6.07, 6.45) is 1.69. The minimum atomic E-state index is -0.310. The Hall–Kier alpha value is -1.62. The van der Waals surface area contributed by atoms with Crippen LogP contribution < -0.4 is 16.0 Å². The third-order valence-electron chi connectivity index (χ3n) is 2.68. The maximum absolute atomic E-state index is 6.18. The van der Waals surface area contributed by atoms with Gasteiger partial charge < -0.3 is 4.74 Å². The molecule has 2 aromatic rings. The first-order chi connectivity index (χ1) is 8.77. The number of nitrogens with one attached hydrogen (secondary N) is 1. The van der Waals surface area contributed by atoms with E-state index in [-0.39, 0.29) is 6.04 Å². The molecule has 1 atom stereocenters. The minimum Gasteiger partial charge on any atom is -0.495 e. The van der Waals surface area contributed by atoms with Gasteiger partial charge in [-0.05, 0) is 23.8 Å². The van der Waals surface area contributed by atoms with E-state index in [0.717, 1.165) is 5.56 Å². The summed E-state index contributed by atoms with van der Waals surface area (Å²) in [6, 6.07) is 10.8. The largest absolute Gasteiger partial charge is 0.495 e. The number of methoxy groups -OCH3 is 1. The first-order valence-electron chi connectivity index (χ1n) is 5.47. The maximum atomic E-state index is 6.18. The molecule has 2 rings (SSSR count). The second kappa shape index (κ2) is 5.82. The van der Waals surface area contributed by atoms with Crippen LogP contribution in [-0.2, 0) is 0 Å². The molecule has 0 fully saturated rings. The Bertz CT molecular complexity index is 533. The maximum Gasteiger partial charge on any atom is 0.142 e. The molecule has 3 N–H and O–H groups in total. The van der Waals surface area contributed by atoms with Crippen LogP contribution in [0.2, 0.25) is 5.02 Å². The van der Waals surface area contributed by atoms with Crippen molar-refractivity contribution in [2.24, 2.45) is 5.84 Å². The lowest BCUT2D eigenvalue weighted by molar-refractivity contribution is 0.400. The van der Waals surface area contributed by atoms with Crippen molar-refractivity contribution >= 4 is 11.6 Å². The van der Waals surface area contributed by atoms with Crippen LogP contribution in [0.1, 0.15) is 17.3 Å². The van der Waals surface area contributed by atoms with Crippen molar-refractivity contribution in [1.29, 1.82) is 0 Å². The minimum absolute atomic E-state index is 0.310. The standard InChI is InChI=1S/C13H14ClN3O/c1-18-11-7-4-8-16-13(11)12(17-15)9-5-2-3-6-10(9)14/h2-8,12,17H,15H2,1H3. The van der Waals surface area contributed by atoms with E-state index in [1.807, 2.05) is 36.4 Å². The summed E-state index contributed by atoms with van der Waals surface area (Å²) in [5.41, 5.74) is 4.29. The summed E-state index contributed by atoms with van der Waals surface area (Å²) in [5.74, 6) is 6.29. The number of hydrogen-bond donors (Lipinski definition) is 2. The van der Waals surface area contributed by atoms with Gasteiger partial charge in [-0.1, -0.05) is 29.8 Å². The molecule has 1 unspecified atom stereocenters. The molecule has 0 bridgehead atoms. The number of halogens is 1. The van der Waals surface area contributed by atoms with Crippen molar-refractivity contribution in [2.75, 3.05) is 7.11 Å². The molecule has 1 heterocycles. The fourth-order valence-electron chi connectivity index (χ4n) is 1.82. The van der Waals surface area contributed by atoms with E-state index in [1.54, 1.807) is 13.3 Å². The van der Waals surface area contributed by atoms with Crippen molar-refractivity contribution in [1.82, 2.24) is 10.4 Å². The van der Waals surface area contributed by atoms with E-state index in [1.165, 1.54) is 0 Å². The molecular weight excluding hydrogens is 250 g/mol. The molecule has 94 valence electrons. The lowest BCUT2D eigenvalue weighted by atomic mass is 10.0. The summed E-state index contributed by atoms with van der Waals surface area (Å²) in [7, 11) is 1.60.